The van der Waals surface area contributed by atoms with Crippen molar-refractivity contribution in [1.82, 2.24) is 4.90 Å². The minimum atomic E-state index is -0.443. The van der Waals surface area contributed by atoms with E-state index in [0.29, 0.717) is 24.3 Å². The Bertz CT molecular complexity index is 468. The average molecular weight is 220 g/mol. The molecule has 82 valence electrons. The Labute approximate surface area is 91.8 Å². The smallest absolute Gasteiger partial charge is 0.410 e. The molecule has 0 aliphatic carbocycles. The molecule has 2 rings (SSSR count). The molecule has 0 aromatic heterocycles. The number of carbonyl (C=O) groups excluding carboxylic acids is 1. The second-order valence-electron chi connectivity index (χ2n) is 3.45. The summed E-state index contributed by atoms with van der Waals surface area (Å²) in [6.45, 7) is 0.924. The number of nitrogens with zero attached hydrogens (tertiary/aromatic N) is 2. The summed E-state index contributed by atoms with van der Waals surface area (Å²) in [4.78, 5) is 12.6. The first-order valence-electron chi connectivity index (χ1n) is 4.81. The SMILES string of the molecule is N#Cc1ccc(F)c(CN2CCOC2=O)c1. The molecule has 0 N–H and O–H groups in total. The number of halogens is 1. The van der Waals surface area contributed by atoms with E-state index in [0.717, 1.165) is 0 Å². The van der Waals surface area contributed by atoms with Gasteiger partial charge in [-0.05, 0) is 18.2 Å². The number of cyclic esters (lactones) is 1. The van der Waals surface area contributed by atoms with Crippen molar-refractivity contribution < 1.29 is 13.9 Å². The van der Waals surface area contributed by atoms with Crippen LogP contribution in [-0.4, -0.2) is 24.1 Å². The van der Waals surface area contributed by atoms with Crippen molar-refractivity contribution in [2.24, 2.45) is 0 Å². The third kappa shape index (κ3) is 1.96. The molecule has 16 heavy (non-hydrogen) atoms. The second kappa shape index (κ2) is 4.19. The lowest BCUT2D eigenvalue weighted by Crippen LogP contribution is -2.24. The molecule has 4 nitrogen and oxygen atoms in total. The normalized spacial score (nSPS) is 14.8. The highest BCUT2D eigenvalue weighted by molar-refractivity contribution is 5.69. The number of rotatable bonds is 2. The number of ether oxygens (including phenoxy) is 1. The Kier molecular flexibility index (Phi) is 2.73. The molecule has 1 fully saturated rings. The van der Waals surface area contributed by atoms with E-state index in [1.54, 1.807) is 0 Å². The molecular weight excluding hydrogens is 211 g/mol. The van der Waals surface area contributed by atoms with E-state index in [1.807, 2.05) is 6.07 Å². The quantitative estimate of drug-likeness (QED) is 0.761. The largest absolute Gasteiger partial charge is 0.448 e. The first-order chi connectivity index (χ1) is 7.70. The predicted molar refractivity (Wildman–Crippen MR) is 52.9 cm³/mol. The van der Waals surface area contributed by atoms with Crippen molar-refractivity contribution in [3.8, 4) is 6.07 Å². The molecule has 0 bridgehead atoms. The van der Waals surface area contributed by atoms with Gasteiger partial charge in [-0.15, -0.1) is 0 Å². The molecular formula is C11H9FN2O2. The van der Waals surface area contributed by atoms with Gasteiger partial charge in [0.2, 0.25) is 0 Å². The van der Waals surface area contributed by atoms with Gasteiger partial charge < -0.3 is 9.64 Å². The van der Waals surface area contributed by atoms with Gasteiger partial charge in [-0.2, -0.15) is 5.26 Å². The van der Waals surface area contributed by atoms with Crippen molar-refractivity contribution in [1.29, 1.82) is 5.26 Å². The predicted octanol–water partition coefficient (Wildman–Crippen LogP) is 1.65. The van der Waals surface area contributed by atoms with Gasteiger partial charge in [0.25, 0.3) is 0 Å². The Morgan fingerprint density at radius 3 is 3.00 bits per heavy atom. The van der Waals surface area contributed by atoms with E-state index >= 15 is 0 Å². The van der Waals surface area contributed by atoms with Crippen LogP contribution in [-0.2, 0) is 11.3 Å². The minimum absolute atomic E-state index is 0.139. The average Bonchev–Trinajstić information content (AvgIpc) is 2.68. The van der Waals surface area contributed by atoms with Crippen LogP contribution in [0.15, 0.2) is 18.2 Å². The molecule has 1 aromatic carbocycles. The maximum absolute atomic E-state index is 13.4. The Morgan fingerprint density at radius 1 is 1.56 bits per heavy atom. The summed E-state index contributed by atoms with van der Waals surface area (Å²) < 4.78 is 18.1. The fourth-order valence-electron chi connectivity index (χ4n) is 1.54. The number of amides is 1. The molecule has 1 aliphatic heterocycles. The van der Waals surface area contributed by atoms with Crippen LogP contribution >= 0.6 is 0 Å². The van der Waals surface area contributed by atoms with Gasteiger partial charge in [-0.1, -0.05) is 0 Å². The molecule has 1 aliphatic rings. The summed E-state index contributed by atoms with van der Waals surface area (Å²) >= 11 is 0. The lowest BCUT2D eigenvalue weighted by molar-refractivity contribution is 0.157. The first-order valence-corrected chi connectivity index (χ1v) is 4.81. The van der Waals surface area contributed by atoms with Crippen molar-refractivity contribution in [3.63, 3.8) is 0 Å². The van der Waals surface area contributed by atoms with Crippen LogP contribution in [0, 0.1) is 17.1 Å². The van der Waals surface area contributed by atoms with E-state index in [9.17, 15) is 9.18 Å². The third-order valence-corrected chi connectivity index (χ3v) is 2.38. The zero-order valence-electron chi connectivity index (χ0n) is 8.44. The maximum Gasteiger partial charge on any atom is 0.410 e. The van der Waals surface area contributed by atoms with Crippen molar-refractivity contribution >= 4 is 6.09 Å². The van der Waals surface area contributed by atoms with Crippen molar-refractivity contribution in [3.05, 3.63) is 35.1 Å². The summed E-state index contributed by atoms with van der Waals surface area (Å²) in [6.07, 6.45) is -0.443. The van der Waals surface area contributed by atoms with Gasteiger partial charge in [-0.3, -0.25) is 0 Å². The highest BCUT2D eigenvalue weighted by Crippen LogP contribution is 2.15. The third-order valence-electron chi connectivity index (χ3n) is 2.38. The number of hydrogen-bond donors (Lipinski definition) is 0. The van der Waals surface area contributed by atoms with Crippen LogP contribution in [0.2, 0.25) is 0 Å². The van der Waals surface area contributed by atoms with Crippen LogP contribution in [0.5, 0.6) is 0 Å². The number of hydrogen-bond acceptors (Lipinski definition) is 3. The zero-order valence-corrected chi connectivity index (χ0v) is 8.44. The van der Waals surface area contributed by atoms with E-state index in [-0.39, 0.29) is 6.54 Å². The minimum Gasteiger partial charge on any atom is -0.448 e. The van der Waals surface area contributed by atoms with Gasteiger partial charge in [0, 0.05) is 5.56 Å². The lowest BCUT2D eigenvalue weighted by atomic mass is 10.1. The molecule has 1 aromatic rings. The molecule has 1 heterocycles. The van der Waals surface area contributed by atoms with Crippen LogP contribution in [0.3, 0.4) is 0 Å². The van der Waals surface area contributed by atoms with Crippen LogP contribution in [0.4, 0.5) is 9.18 Å². The summed E-state index contributed by atoms with van der Waals surface area (Å²) in [7, 11) is 0. The van der Waals surface area contributed by atoms with E-state index in [1.165, 1.54) is 23.1 Å². The molecule has 0 saturated carbocycles. The maximum atomic E-state index is 13.4. The van der Waals surface area contributed by atoms with Gasteiger partial charge in [0.15, 0.2) is 0 Å². The molecule has 1 saturated heterocycles. The molecule has 0 unspecified atom stereocenters. The molecule has 1 amide bonds. The van der Waals surface area contributed by atoms with Gasteiger partial charge in [0.1, 0.15) is 12.4 Å². The standard InChI is InChI=1S/C11H9FN2O2/c12-10-2-1-8(6-13)5-9(10)7-14-3-4-16-11(14)15/h1-2,5H,3-4,7H2. The van der Waals surface area contributed by atoms with Gasteiger partial charge in [0.05, 0.1) is 24.7 Å². The van der Waals surface area contributed by atoms with Crippen molar-refractivity contribution in [2.75, 3.05) is 13.2 Å². The van der Waals surface area contributed by atoms with E-state index in [4.69, 9.17) is 10.00 Å². The summed E-state index contributed by atoms with van der Waals surface area (Å²) in [6, 6.07) is 6.01. The Hall–Kier alpha value is -2.09. The molecule has 0 radical (unpaired) electrons. The number of carbonyl (C=O) groups is 1. The fraction of sp³-hybridized carbons (Fsp3) is 0.273. The summed E-state index contributed by atoms with van der Waals surface area (Å²) in [5.41, 5.74) is 0.710. The second-order valence-corrected chi connectivity index (χ2v) is 3.45. The highest BCUT2D eigenvalue weighted by atomic mass is 19.1. The molecule has 5 heteroatoms. The topological polar surface area (TPSA) is 53.3 Å². The lowest BCUT2D eigenvalue weighted by Gasteiger charge is -2.13. The number of benzene rings is 1. The molecule has 0 spiro atoms. The van der Waals surface area contributed by atoms with Crippen molar-refractivity contribution in [2.45, 2.75) is 6.54 Å². The molecule has 0 atom stereocenters. The Morgan fingerprint density at radius 2 is 2.38 bits per heavy atom. The summed E-state index contributed by atoms with van der Waals surface area (Å²) in [5.74, 6) is -0.418. The van der Waals surface area contributed by atoms with Gasteiger partial charge >= 0.3 is 6.09 Å². The van der Waals surface area contributed by atoms with Crippen LogP contribution in [0.25, 0.3) is 0 Å². The monoisotopic (exact) mass is 220 g/mol. The van der Waals surface area contributed by atoms with Gasteiger partial charge in [-0.25, -0.2) is 9.18 Å². The fourth-order valence-corrected chi connectivity index (χ4v) is 1.54. The van der Waals surface area contributed by atoms with E-state index < -0.39 is 11.9 Å². The highest BCUT2D eigenvalue weighted by Gasteiger charge is 2.22. The van der Waals surface area contributed by atoms with Crippen LogP contribution in [0.1, 0.15) is 11.1 Å². The Balaban J connectivity index is 2.20. The van der Waals surface area contributed by atoms with Crippen LogP contribution < -0.4 is 0 Å². The zero-order chi connectivity index (χ0) is 11.5. The van der Waals surface area contributed by atoms with E-state index in [2.05, 4.69) is 0 Å². The first kappa shape index (κ1) is 10.4. The number of nitriles is 1. The summed E-state index contributed by atoms with van der Waals surface area (Å²) in [5, 5.41) is 8.69.